The minimum atomic E-state index is -0.213. The molecular weight excluding hydrogens is 259 g/mol. The Morgan fingerprint density at radius 3 is 2.79 bits per heavy atom. The standard InChI is InChI=1S/C15H13FN2S/c1-10(11-5-4-6-12(16)9-11)17-15-18-13-7-2-3-8-14(13)19-15/h2-10H,1H3,(H,17,18). The summed E-state index contributed by atoms with van der Waals surface area (Å²) in [5.74, 6) is -0.213. The molecule has 0 amide bonds. The van der Waals surface area contributed by atoms with Crippen LogP contribution in [0.1, 0.15) is 18.5 Å². The minimum absolute atomic E-state index is 0.0243. The van der Waals surface area contributed by atoms with Crippen molar-refractivity contribution in [2.45, 2.75) is 13.0 Å². The summed E-state index contributed by atoms with van der Waals surface area (Å²) in [5.41, 5.74) is 1.90. The number of rotatable bonds is 3. The van der Waals surface area contributed by atoms with Crippen LogP contribution in [0.5, 0.6) is 0 Å². The van der Waals surface area contributed by atoms with E-state index in [9.17, 15) is 4.39 Å². The molecule has 0 bridgehead atoms. The summed E-state index contributed by atoms with van der Waals surface area (Å²) >= 11 is 1.61. The Morgan fingerprint density at radius 1 is 1.16 bits per heavy atom. The smallest absolute Gasteiger partial charge is 0.184 e. The van der Waals surface area contributed by atoms with Crippen molar-refractivity contribution in [1.29, 1.82) is 0 Å². The quantitative estimate of drug-likeness (QED) is 0.753. The number of nitrogens with one attached hydrogen (secondary N) is 1. The fourth-order valence-electron chi connectivity index (χ4n) is 1.98. The van der Waals surface area contributed by atoms with Gasteiger partial charge in [-0.2, -0.15) is 0 Å². The van der Waals surface area contributed by atoms with Crippen molar-refractivity contribution in [2.24, 2.45) is 0 Å². The Balaban J connectivity index is 1.84. The molecule has 0 aliphatic heterocycles. The van der Waals surface area contributed by atoms with Crippen LogP contribution in [-0.2, 0) is 0 Å². The second-order valence-electron chi connectivity index (χ2n) is 4.41. The van der Waals surface area contributed by atoms with Gasteiger partial charge in [0.1, 0.15) is 5.82 Å². The van der Waals surface area contributed by atoms with Crippen LogP contribution >= 0.6 is 11.3 Å². The second-order valence-corrected chi connectivity index (χ2v) is 5.44. The van der Waals surface area contributed by atoms with Gasteiger partial charge in [0.05, 0.1) is 16.3 Å². The van der Waals surface area contributed by atoms with Crippen molar-refractivity contribution < 1.29 is 4.39 Å². The van der Waals surface area contributed by atoms with Crippen molar-refractivity contribution in [3.8, 4) is 0 Å². The van der Waals surface area contributed by atoms with Gasteiger partial charge in [-0.15, -0.1) is 0 Å². The highest BCUT2D eigenvalue weighted by molar-refractivity contribution is 7.22. The molecule has 2 nitrogen and oxygen atoms in total. The van der Waals surface area contributed by atoms with E-state index in [4.69, 9.17) is 0 Å². The lowest BCUT2D eigenvalue weighted by Crippen LogP contribution is -2.06. The molecule has 1 aromatic heterocycles. The number of halogens is 1. The fourth-order valence-corrected chi connectivity index (χ4v) is 2.93. The van der Waals surface area contributed by atoms with E-state index in [0.29, 0.717) is 0 Å². The predicted molar refractivity (Wildman–Crippen MR) is 78.1 cm³/mol. The van der Waals surface area contributed by atoms with E-state index in [1.807, 2.05) is 37.3 Å². The summed E-state index contributed by atoms with van der Waals surface area (Å²) < 4.78 is 14.3. The topological polar surface area (TPSA) is 24.9 Å². The van der Waals surface area contributed by atoms with Gasteiger partial charge in [0.25, 0.3) is 0 Å². The van der Waals surface area contributed by atoms with E-state index >= 15 is 0 Å². The molecule has 19 heavy (non-hydrogen) atoms. The average Bonchev–Trinajstić information content (AvgIpc) is 2.80. The Kier molecular flexibility index (Phi) is 3.17. The minimum Gasteiger partial charge on any atom is -0.355 e. The van der Waals surface area contributed by atoms with Crippen LogP contribution in [0.25, 0.3) is 10.2 Å². The van der Waals surface area contributed by atoms with Crippen molar-refractivity contribution in [2.75, 3.05) is 5.32 Å². The molecule has 0 radical (unpaired) electrons. The maximum atomic E-state index is 13.2. The molecule has 2 aromatic carbocycles. The predicted octanol–water partition coefficient (Wildman–Crippen LogP) is 4.61. The van der Waals surface area contributed by atoms with Gasteiger partial charge in [0.15, 0.2) is 5.13 Å². The molecule has 1 atom stereocenters. The number of thiazole rings is 1. The maximum Gasteiger partial charge on any atom is 0.184 e. The van der Waals surface area contributed by atoms with E-state index in [1.165, 1.54) is 6.07 Å². The van der Waals surface area contributed by atoms with E-state index in [-0.39, 0.29) is 11.9 Å². The molecule has 96 valence electrons. The van der Waals surface area contributed by atoms with Crippen LogP contribution < -0.4 is 5.32 Å². The zero-order valence-electron chi connectivity index (χ0n) is 10.4. The third-order valence-electron chi connectivity index (χ3n) is 2.98. The number of nitrogens with zero attached hydrogens (tertiary/aromatic N) is 1. The summed E-state index contributed by atoms with van der Waals surface area (Å²) in [6.07, 6.45) is 0. The maximum absolute atomic E-state index is 13.2. The van der Waals surface area contributed by atoms with Crippen molar-refractivity contribution in [3.05, 3.63) is 59.9 Å². The first-order valence-corrected chi connectivity index (χ1v) is 6.91. The average molecular weight is 272 g/mol. The molecule has 0 aliphatic carbocycles. The lowest BCUT2D eigenvalue weighted by molar-refractivity contribution is 0.623. The first-order valence-electron chi connectivity index (χ1n) is 6.10. The van der Waals surface area contributed by atoms with Gasteiger partial charge in [0.2, 0.25) is 0 Å². The van der Waals surface area contributed by atoms with Crippen molar-refractivity contribution >= 4 is 26.7 Å². The molecule has 3 rings (SSSR count). The molecule has 0 aliphatic rings. The van der Waals surface area contributed by atoms with Crippen LogP contribution in [0, 0.1) is 5.82 Å². The van der Waals surface area contributed by atoms with Gasteiger partial charge in [-0.1, -0.05) is 35.6 Å². The first kappa shape index (κ1) is 12.1. The van der Waals surface area contributed by atoms with E-state index in [1.54, 1.807) is 23.5 Å². The molecule has 0 saturated carbocycles. The number of hydrogen-bond acceptors (Lipinski definition) is 3. The molecule has 3 aromatic rings. The summed E-state index contributed by atoms with van der Waals surface area (Å²) in [6.45, 7) is 2.00. The molecule has 1 heterocycles. The SMILES string of the molecule is CC(Nc1nc2ccccc2s1)c1cccc(F)c1. The van der Waals surface area contributed by atoms with Gasteiger partial charge in [-0.25, -0.2) is 9.37 Å². The fraction of sp³-hybridized carbons (Fsp3) is 0.133. The van der Waals surface area contributed by atoms with E-state index in [0.717, 1.165) is 20.9 Å². The summed E-state index contributed by atoms with van der Waals surface area (Å²) in [5, 5.41) is 4.17. The number of anilines is 1. The lowest BCUT2D eigenvalue weighted by Gasteiger charge is -2.13. The van der Waals surface area contributed by atoms with E-state index < -0.39 is 0 Å². The number of hydrogen-bond donors (Lipinski definition) is 1. The monoisotopic (exact) mass is 272 g/mol. The largest absolute Gasteiger partial charge is 0.355 e. The van der Waals surface area contributed by atoms with Gasteiger partial charge in [-0.05, 0) is 36.8 Å². The van der Waals surface area contributed by atoms with Crippen LogP contribution in [0.2, 0.25) is 0 Å². The molecule has 0 saturated heterocycles. The Morgan fingerprint density at radius 2 is 2.00 bits per heavy atom. The molecule has 4 heteroatoms. The van der Waals surface area contributed by atoms with Gasteiger partial charge >= 0.3 is 0 Å². The third kappa shape index (κ3) is 2.58. The molecule has 0 spiro atoms. The molecule has 0 fully saturated rings. The summed E-state index contributed by atoms with van der Waals surface area (Å²) in [7, 11) is 0. The third-order valence-corrected chi connectivity index (χ3v) is 3.95. The number of benzene rings is 2. The molecule has 1 unspecified atom stereocenters. The van der Waals surface area contributed by atoms with Gasteiger partial charge in [-0.3, -0.25) is 0 Å². The highest BCUT2D eigenvalue weighted by atomic mass is 32.1. The Bertz CT molecular complexity index is 675. The number of aromatic nitrogens is 1. The van der Waals surface area contributed by atoms with Crippen LogP contribution in [-0.4, -0.2) is 4.98 Å². The second kappa shape index (κ2) is 4.97. The van der Waals surface area contributed by atoms with Gasteiger partial charge < -0.3 is 5.32 Å². The number of para-hydroxylation sites is 1. The van der Waals surface area contributed by atoms with E-state index in [2.05, 4.69) is 10.3 Å². The van der Waals surface area contributed by atoms with Crippen molar-refractivity contribution in [1.82, 2.24) is 4.98 Å². The summed E-state index contributed by atoms with van der Waals surface area (Å²) in [4.78, 5) is 4.51. The van der Waals surface area contributed by atoms with Crippen LogP contribution in [0.15, 0.2) is 48.5 Å². The Hall–Kier alpha value is -1.94. The zero-order valence-corrected chi connectivity index (χ0v) is 11.2. The highest BCUT2D eigenvalue weighted by Crippen LogP contribution is 2.28. The van der Waals surface area contributed by atoms with Crippen LogP contribution in [0.3, 0.4) is 0 Å². The summed E-state index contributed by atoms with van der Waals surface area (Å²) in [6, 6.07) is 14.7. The Labute approximate surface area is 114 Å². The first-order chi connectivity index (χ1) is 9.22. The van der Waals surface area contributed by atoms with Gasteiger partial charge in [0, 0.05) is 0 Å². The normalized spacial score (nSPS) is 12.5. The van der Waals surface area contributed by atoms with Crippen molar-refractivity contribution in [3.63, 3.8) is 0 Å². The highest BCUT2D eigenvalue weighted by Gasteiger charge is 2.09. The molecular formula is C15H13FN2S. The number of fused-ring (bicyclic) bond motifs is 1. The van der Waals surface area contributed by atoms with Crippen LogP contribution in [0.4, 0.5) is 9.52 Å². The zero-order chi connectivity index (χ0) is 13.2. The lowest BCUT2D eigenvalue weighted by atomic mass is 10.1. The molecule has 1 N–H and O–H groups in total.